The molecule has 0 spiro atoms. The van der Waals surface area contributed by atoms with Crippen LogP contribution in [0.5, 0.6) is 0 Å². The Kier molecular flexibility index (Phi) is 7.35. The van der Waals surface area contributed by atoms with E-state index < -0.39 is 0 Å². The molecule has 31 heavy (non-hydrogen) atoms. The van der Waals surface area contributed by atoms with Gasteiger partial charge in [-0.3, -0.25) is 14.4 Å². The van der Waals surface area contributed by atoms with E-state index in [9.17, 15) is 14.4 Å². The van der Waals surface area contributed by atoms with Crippen molar-refractivity contribution >= 4 is 45.6 Å². The molecule has 4 N–H and O–H groups in total. The number of carbonyl (C=O) groups is 3. The van der Waals surface area contributed by atoms with Crippen LogP contribution in [0.15, 0.2) is 66.7 Å². The van der Waals surface area contributed by atoms with E-state index >= 15 is 0 Å². The predicted octanol–water partition coefficient (Wildman–Crippen LogP) is 2.28. The number of anilines is 3. The molecule has 0 aromatic heterocycles. The highest BCUT2D eigenvalue weighted by Gasteiger charge is 2.17. The molecule has 7 nitrogen and oxygen atoms in total. The Hall–Kier alpha value is -3.71. The van der Waals surface area contributed by atoms with Gasteiger partial charge in [0, 0.05) is 29.4 Å². The first kappa shape index (κ1) is 22.0. The molecular formula is C24H27N4O3+. The Bertz CT molecular complexity index is 1070. The van der Waals surface area contributed by atoms with E-state index in [0.717, 1.165) is 21.4 Å². The minimum atomic E-state index is -0.179. The van der Waals surface area contributed by atoms with Gasteiger partial charge in [-0.2, -0.15) is 0 Å². The van der Waals surface area contributed by atoms with Crippen LogP contribution < -0.4 is 20.9 Å². The van der Waals surface area contributed by atoms with Crippen molar-refractivity contribution in [1.29, 1.82) is 0 Å². The third-order valence-electron chi connectivity index (χ3n) is 4.87. The second-order valence-electron chi connectivity index (χ2n) is 7.34. The monoisotopic (exact) mass is 419 g/mol. The molecular weight excluding hydrogens is 392 g/mol. The number of benzene rings is 3. The summed E-state index contributed by atoms with van der Waals surface area (Å²) >= 11 is 0. The van der Waals surface area contributed by atoms with E-state index in [1.165, 1.54) is 6.92 Å². The van der Waals surface area contributed by atoms with Crippen molar-refractivity contribution in [2.24, 2.45) is 0 Å². The van der Waals surface area contributed by atoms with Crippen LogP contribution in [0.4, 0.5) is 17.1 Å². The minimum absolute atomic E-state index is 0.138. The quantitative estimate of drug-likeness (QED) is 0.451. The number of likely N-dealkylation sites (N-methyl/N-ethyl adjacent to an activating group) is 1. The Balaban J connectivity index is 1.55. The third-order valence-corrected chi connectivity index (χ3v) is 4.87. The molecule has 0 heterocycles. The maximum Gasteiger partial charge on any atom is 0.279 e. The number of hydrogen-bond donors (Lipinski definition) is 4. The van der Waals surface area contributed by atoms with Gasteiger partial charge in [-0.1, -0.05) is 36.4 Å². The van der Waals surface area contributed by atoms with Crippen LogP contribution in [-0.4, -0.2) is 37.4 Å². The van der Waals surface area contributed by atoms with Crippen molar-refractivity contribution in [3.8, 4) is 0 Å². The predicted molar refractivity (Wildman–Crippen MR) is 123 cm³/mol. The number of nitrogens with one attached hydrogen (secondary N) is 4. The molecule has 0 aliphatic carbocycles. The maximum absolute atomic E-state index is 12.6. The summed E-state index contributed by atoms with van der Waals surface area (Å²) in [7, 11) is 0. The van der Waals surface area contributed by atoms with Crippen molar-refractivity contribution < 1.29 is 19.3 Å². The molecule has 0 saturated carbocycles. The SMILES string of the molecule is CC[NH+](CC(=O)Nc1ccc(NC(C)=O)cc1)CC(=O)Nc1cccc2ccccc12. The molecule has 0 radical (unpaired) electrons. The normalized spacial score (nSPS) is 11.5. The number of rotatable bonds is 8. The second kappa shape index (κ2) is 10.4. The summed E-state index contributed by atoms with van der Waals surface area (Å²) < 4.78 is 0. The molecule has 0 aliphatic heterocycles. The molecule has 3 rings (SSSR count). The fourth-order valence-corrected chi connectivity index (χ4v) is 3.34. The molecule has 1 atom stereocenters. The number of amides is 3. The van der Waals surface area contributed by atoms with Crippen LogP contribution in [0.2, 0.25) is 0 Å². The molecule has 3 aromatic rings. The molecule has 0 aliphatic rings. The first-order valence-corrected chi connectivity index (χ1v) is 10.2. The van der Waals surface area contributed by atoms with Crippen LogP contribution in [0, 0.1) is 0 Å². The summed E-state index contributed by atoms with van der Waals surface area (Å²) in [6, 6.07) is 20.6. The Morgan fingerprint density at radius 3 is 1.97 bits per heavy atom. The highest BCUT2D eigenvalue weighted by atomic mass is 16.2. The van der Waals surface area contributed by atoms with Gasteiger partial charge in [-0.25, -0.2) is 0 Å². The van der Waals surface area contributed by atoms with E-state index in [1.807, 2.05) is 49.4 Å². The van der Waals surface area contributed by atoms with Gasteiger partial charge in [-0.05, 0) is 42.6 Å². The summed E-state index contributed by atoms with van der Waals surface area (Å²) in [6.07, 6.45) is 0. The van der Waals surface area contributed by atoms with E-state index in [0.29, 0.717) is 17.9 Å². The molecule has 1 unspecified atom stereocenters. The van der Waals surface area contributed by atoms with E-state index in [2.05, 4.69) is 16.0 Å². The van der Waals surface area contributed by atoms with Crippen LogP contribution in [0.3, 0.4) is 0 Å². The van der Waals surface area contributed by atoms with Crippen LogP contribution in [-0.2, 0) is 14.4 Å². The topological polar surface area (TPSA) is 91.7 Å². The highest BCUT2D eigenvalue weighted by Crippen LogP contribution is 2.22. The number of fused-ring (bicyclic) bond motifs is 1. The van der Waals surface area contributed by atoms with Gasteiger partial charge in [-0.15, -0.1) is 0 Å². The van der Waals surface area contributed by atoms with Gasteiger partial charge in [0.2, 0.25) is 5.91 Å². The van der Waals surface area contributed by atoms with Crippen molar-refractivity contribution in [3.63, 3.8) is 0 Å². The smallest absolute Gasteiger partial charge is 0.279 e. The standard InChI is InChI=1S/C24H26N4O3/c1-3-28(15-23(30)26-20-13-11-19(12-14-20)25-17(2)29)16-24(31)27-22-10-6-8-18-7-4-5-9-21(18)22/h4-14H,3,15-16H2,1-2H3,(H,25,29)(H,26,30)(H,27,31)/p+1. The zero-order chi connectivity index (χ0) is 22.2. The van der Waals surface area contributed by atoms with Crippen molar-refractivity contribution in [2.45, 2.75) is 13.8 Å². The maximum atomic E-state index is 12.6. The van der Waals surface area contributed by atoms with Gasteiger partial charge >= 0.3 is 0 Å². The van der Waals surface area contributed by atoms with Crippen molar-refractivity contribution in [1.82, 2.24) is 0 Å². The van der Waals surface area contributed by atoms with Crippen molar-refractivity contribution in [3.05, 3.63) is 66.7 Å². The highest BCUT2D eigenvalue weighted by molar-refractivity contribution is 6.02. The van der Waals surface area contributed by atoms with Crippen LogP contribution >= 0.6 is 0 Å². The zero-order valence-corrected chi connectivity index (χ0v) is 17.7. The summed E-state index contributed by atoms with van der Waals surface area (Å²) in [5.74, 6) is -0.469. The van der Waals surface area contributed by atoms with E-state index in [1.54, 1.807) is 24.3 Å². The van der Waals surface area contributed by atoms with Crippen LogP contribution in [0.25, 0.3) is 10.8 Å². The number of quaternary nitrogens is 1. The summed E-state index contributed by atoms with van der Waals surface area (Å²) in [6.45, 7) is 4.38. The largest absolute Gasteiger partial charge is 0.326 e. The molecule has 0 fully saturated rings. The van der Waals surface area contributed by atoms with Gasteiger partial charge in [0.1, 0.15) is 0 Å². The lowest BCUT2D eigenvalue weighted by Crippen LogP contribution is -3.13. The first-order chi connectivity index (χ1) is 14.9. The Morgan fingerprint density at radius 1 is 0.742 bits per heavy atom. The zero-order valence-electron chi connectivity index (χ0n) is 17.7. The van der Waals surface area contributed by atoms with E-state index in [4.69, 9.17) is 0 Å². The molecule has 160 valence electrons. The summed E-state index contributed by atoms with van der Waals surface area (Å²) in [5, 5.41) is 10.5. The number of hydrogen-bond acceptors (Lipinski definition) is 3. The van der Waals surface area contributed by atoms with E-state index in [-0.39, 0.29) is 30.8 Å². The average molecular weight is 420 g/mol. The lowest BCUT2D eigenvalue weighted by Gasteiger charge is -2.17. The molecule has 3 aromatic carbocycles. The molecule has 0 bridgehead atoms. The molecule has 7 heteroatoms. The lowest BCUT2D eigenvalue weighted by atomic mass is 10.1. The van der Waals surface area contributed by atoms with Crippen molar-refractivity contribution in [2.75, 3.05) is 35.6 Å². The summed E-state index contributed by atoms with van der Waals surface area (Å²) in [4.78, 5) is 37.0. The second-order valence-corrected chi connectivity index (χ2v) is 7.34. The van der Waals surface area contributed by atoms with Gasteiger partial charge in [0.15, 0.2) is 13.1 Å². The van der Waals surface area contributed by atoms with Crippen LogP contribution in [0.1, 0.15) is 13.8 Å². The average Bonchev–Trinajstić information content (AvgIpc) is 2.74. The Labute approximate surface area is 181 Å². The summed E-state index contributed by atoms with van der Waals surface area (Å²) in [5.41, 5.74) is 2.06. The molecule has 0 saturated heterocycles. The van der Waals surface area contributed by atoms with Gasteiger partial charge in [0.05, 0.1) is 6.54 Å². The third kappa shape index (κ3) is 6.38. The number of carbonyl (C=O) groups excluding carboxylic acids is 3. The first-order valence-electron chi connectivity index (χ1n) is 10.2. The fraction of sp³-hybridized carbons (Fsp3) is 0.208. The van der Waals surface area contributed by atoms with Gasteiger partial charge < -0.3 is 20.9 Å². The minimum Gasteiger partial charge on any atom is -0.326 e. The Morgan fingerprint density at radius 2 is 1.32 bits per heavy atom. The van der Waals surface area contributed by atoms with Gasteiger partial charge in [0.25, 0.3) is 11.8 Å². The fourth-order valence-electron chi connectivity index (χ4n) is 3.34. The lowest BCUT2D eigenvalue weighted by molar-refractivity contribution is -0.881. The molecule has 3 amide bonds.